The third-order valence-electron chi connectivity index (χ3n) is 3.67. The maximum atomic E-state index is 6.32. The van der Waals surface area contributed by atoms with Gasteiger partial charge in [-0.2, -0.15) is 0 Å². The Labute approximate surface area is 135 Å². The molecule has 0 aliphatic rings. The average Bonchev–Trinajstić information content (AvgIpc) is 2.40. The lowest BCUT2D eigenvalue weighted by Gasteiger charge is -2.37. The molecule has 0 aliphatic carbocycles. The van der Waals surface area contributed by atoms with Crippen molar-refractivity contribution in [1.82, 2.24) is 5.32 Å². The van der Waals surface area contributed by atoms with Gasteiger partial charge < -0.3 is 10.1 Å². The van der Waals surface area contributed by atoms with E-state index >= 15 is 0 Å². The molecule has 0 bridgehead atoms. The average molecular weight is 312 g/mol. The van der Waals surface area contributed by atoms with Crippen LogP contribution >= 0.6 is 11.6 Å². The highest BCUT2D eigenvalue weighted by Gasteiger charge is 2.33. The molecule has 0 spiro atoms. The number of rotatable bonds is 7. The lowest BCUT2D eigenvalue weighted by molar-refractivity contribution is -0.0365. The van der Waals surface area contributed by atoms with Crippen LogP contribution < -0.4 is 5.32 Å². The van der Waals surface area contributed by atoms with E-state index in [1.54, 1.807) is 0 Å². The molecule has 120 valence electrons. The van der Waals surface area contributed by atoms with Gasteiger partial charge in [0.05, 0.1) is 12.1 Å². The smallest absolute Gasteiger partial charge is 0.0817 e. The molecule has 0 fully saturated rings. The molecule has 1 aromatic carbocycles. The van der Waals surface area contributed by atoms with Crippen LogP contribution in [0.3, 0.4) is 0 Å². The Morgan fingerprint density at radius 2 is 1.90 bits per heavy atom. The molecular weight excluding hydrogens is 282 g/mol. The Morgan fingerprint density at radius 1 is 1.24 bits per heavy atom. The van der Waals surface area contributed by atoms with E-state index in [2.05, 4.69) is 58.1 Å². The van der Waals surface area contributed by atoms with Crippen LogP contribution in [-0.4, -0.2) is 19.3 Å². The number of hydrogen-bond acceptors (Lipinski definition) is 2. The van der Waals surface area contributed by atoms with Crippen molar-refractivity contribution in [2.75, 3.05) is 13.2 Å². The highest BCUT2D eigenvalue weighted by atomic mass is 35.5. The number of hydrogen-bond donors (Lipinski definition) is 1. The van der Waals surface area contributed by atoms with E-state index in [1.165, 1.54) is 5.56 Å². The van der Waals surface area contributed by atoms with E-state index in [-0.39, 0.29) is 17.6 Å². The Morgan fingerprint density at radius 3 is 2.38 bits per heavy atom. The molecule has 0 saturated heterocycles. The monoisotopic (exact) mass is 311 g/mol. The summed E-state index contributed by atoms with van der Waals surface area (Å²) >= 11 is 6.32. The van der Waals surface area contributed by atoms with Gasteiger partial charge in [0.25, 0.3) is 0 Å². The first-order valence-corrected chi connectivity index (χ1v) is 8.30. The van der Waals surface area contributed by atoms with Crippen LogP contribution in [-0.2, 0) is 4.74 Å². The molecule has 0 radical (unpaired) electrons. The van der Waals surface area contributed by atoms with Crippen LogP contribution in [0.4, 0.5) is 0 Å². The van der Waals surface area contributed by atoms with Crippen molar-refractivity contribution in [2.45, 2.75) is 60.1 Å². The van der Waals surface area contributed by atoms with Crippen LogP contribution in [0, 0.1) is 12.3 Å². The minimum absolute atomic E-state index is 0.0543. The zero-order valence-electron chi connectivity index (χ0n) is 14.3. The van der Waals surface area contributed by atoms with E-state index in [4.69, 9.17) is 16.3 Å². The van der Waals surface area contributed by atoms with Gasteiger partial charge in [0.1, 0.15) is 0 Å². The van der Waals surface area contributed by atoms with Gasteiger partial charge in [0.2, 0.25) is 0 Å². The van der Waals surface area contributed by atoms with Crippen molar-refractivity contribution in [2.24, 2.45) is 5.41 Å². The predicted octanol–water partition coefficient (Wildman–Crippen LogP) is 5.14. The molecule has 1 aromatic rings. The summed E-state index contributed by atoms with van der Waals surface area (Å²) in [6.45, 7) is 14.6. The fraction of sp³-hybridized carbons (Fsp3) is 0.667. The Bertz CT molecular complexity index is 439. The van der Waals surface area contributed by atoms with E-state index < -0.39 is 0 Å². The molecule has 3 heteroatoms. The topological polar surface area (TPSA) is 21.3 Å². The van der Waals surface area contributed by atoms with E-state index in [0.717, 1.165) is 23.6 Å². The second kappa shape index (κ2) is 8.17. The summed E-state index contributed by atoms with van der Waals surface area (Å²) in [6, 6.07) is 6.47. The molecular formula is C18H30ClNO. The molecule has 2 nitrogen and oxygen atoms in total. The van der Waals surface area contributed by atoms with Crippen molar-refractivity contribution in [3.05, 3.63) is 34.3 Å². The molecule has 0 saturated carbocycles. The van der Waals surface area contributed by atoms with Gasteiger partial charge in [-0.1, -0.05) is 51.4 Å². The van der Waals surface area contributed by atoms with Crippen LogP contribution in [0.25, 0.3) is 0 Å². The first kappa shape index (κ1) is 18.5. The largest absolute Gasteiger partial charge is 0.376 e. The second-order valence-corrected chi connectivity index (χ2v) is 7.09. The van der Waals surface area contributed by atoms with E-state index in [9.17, 15) is 0 Å². The second-order valence-electron chi connectivity index (χ2n) is 6.68. The number of aryl methyl sites for hydroxylation is 1. The van der Waals surface area contributed by atoms with Gasteiger partial charge >= 0.3 is 0 Å². The molecule has 21 heavy (non-hydrogen) atoms. The van der Waals surface area contributed by atoms with Crippen molar-refractivity contribution in [3.63, 3.8) is 0 Å². The fourth-order valence-corrected chi connectivity index (χ4v) is 2.72. The van der Waals surface area contributed by atoms with Gasteiger partial charge in [-0.3, -0.25) is 0 Å². The summed E-state index contributed by atoms with van der Waals surface area (Å²) in [5, 5.41) is 4.46. The van der Waals surface area contributed by atoms with Crippen molar-refractivity contribution in [1.29, 1.82) is 0 Å². The molecule has 1 N–H and O–H groups in total. The van der Waals surface area contributed by atoms with Crippen LogP contribution in [0.1, 0.15) is 58.2 Å². The van der Waals surface area contributed by atoms with Crippen LogP contribution in [0.15, 0.2) is 18.2 Å². The minimum atomic E-state index is 0.0543. The Kier molecular flexibility index (Phi) is 7.19. The summed E-state index contributed by atoms with van der Waals surface area (Å²) in [6.07, 6.45) is 1.20. The van der Waals surface area contributed by atoms with E-state index in [1.807, 2.05) is 6.92 Å². The zero-order valence-corrected chi connectivity index (χ0v) is 15.1. The van der Waals surface area contributed by atoms with Gasteiger partial charge in [0, 0.05) is 11.6 Å². The van der Waals surface area contributed by atoms with Crippen molar-refractivity contribution in [3.8, 4) is 0 Å². The van der Waals surface area contributed by atoms with Crippen molar-refractivity contribution >= 4 is 11.6 Å². The quantitative estimate of drug-likeness (QED) is 0.752. The minimum Gasteiger partial charge on any atom is -0.376 e. The zero-order chi connectivity index (χ0) is 16.0. The number of nitrogens with one attached hydrogen (secondary N) is 1. The molecule has 2 unspecified atom stereocenters. The number of halogens is 1. The van der Waals surface area contributed by atoms with Gasteiger partial charge in [0.15, 0.2) is 0 Å². The summed E-state index contributed by atoms with van der Waals surface area (Å²) in [5.74, 6) is 0. The van der Waals surface area contributed by atoms with Gasteiger partial charge in [-0.05, 0) is 49.4 Å². The number of benzene rings is 1. The lowest BCUT2D eigenvalue weighted by Crippen LogP contribution is -2.42. The molecule has 0 amide bonds. The Balaban J connectivity index is 3.15. The molecule has 0 aliphatic heterocycles. The van der Waals surface area contributed by atoms with Crippen LogP contribution in [0.2, 0.25) is 5.02 Å². The predicted molar refractivity (Wildman–Crippen MR) is 92.1 cm³/mol. The summed E-state index contributed by atoms with van der Waals surface area (Å²) in [4.78, 5) is 0. The highest BCUT2D eigenvalue weighted by Crippen LogP contribution is 2.34. The first-order chi connectivity index (χ1) is 9.81. The van der Waals surface area contributed by atoms with E-state index in [0.29, 0.717) is 6.61 Å². The normalized spacial score (nSPS) is 15.0. The SMILES string of the molecule is CCCNC(c1ccc(C)c(Cl)c1)C(OCC)C(C)(C)C. The molecule has 0 heterocycles. The highest BCUT2D eigenvalue weighted by molar-refractivity contribution is 6.31. The standard InChI is InChI=1S/C18H30ClNO/c1-7-11-20-16(17(21-8-2)18(4,5)6)14-10-9-13(3)15(19)12-14/h9-10,12,16-17,20H,7-8,11H2,1-6H3. The third-order valence-corrected chi connectivity index (χ3v) is 4.08. The number of ether oxygens (including phenoxy) is 1. The molecule has 2 atom stereocenters. The summed E-state index contributed by atoms with van der Waals surface area (Å²) in [5.41, 5.74) is 2.37. The maximum absolute atomic E-state index is 6.32. The van der Waals surface area contributed by atoms with Crippen molar-refractivity contribution < 1.29 is 4.74 Å². The third kappa shape index (κ3) is 5.28. The Hall–Kier alpha value is -0.570. The summed E-state index contributed by atoms with van der Waals surface area (Å²) in [7, 11) is 0. The maximum Gasteiger partial charge on any atom is 0.0817 e. The first-order valence-electron chi connectivity index (χ1n) is 7.92. The lowest BCUT2D eigenvalue weighted by atomic mass is 9.81. The fourth-order valence-electron chi connectivity index (χ4n) is 2.53. The van der Waals surface area contributed by atoms with Gasteiger partial charge in [-0.15, -0.1) is 0 Å². The molecule has 1 rings (SSSR count). The summed E-state index contributed by atoms with van der Waals surface area (Å²) < 4.78 is 6.08. The van der Waals surface area contributed by atoms with Gasteiger partial charge in [-0.25, -0.2) is 0 Å². The molecule has 0 aromatic heterocycles. The van der Waals surface area contributed by atoms with Crippen LogP contribution in [0.5, 0.6) is 0 Å².